The van der Waals surface area contributed by atoms with Crippen molar-refractivity contribution in [3.63, 3.8) is 0 Å². The number of carbonyl (C=O) groups is 4. The van der Waals surface area contributed by atoms with Crippen molar-refractivity contribution in [1.82, 2.24) is 4.90 Å². The van der Waals surface area contributed by atoms with Crippen molar-refractivity contribution in [1.29, 1.82) is 0 Å². The molecule has 178 valence electrons. The standard InChI is InChI=1S/C23H20ClNO8S/c1-4-32-19(26)12-25-21(27)18(34-23(25)29)11-13-9-16(24)20(17(10-13)31-3)33-22(28)14-5-7-15(30-2)8-6-14/h5-11H,4,12H2,1-3H3/b18-11-. The van der Waals surface area contributed by atoms with E-state index in [2.05, 4.69) is 0 Å². The average molecular weight is 506 g/mol. The van der Waals surface area contributed by atoms with Crippen molar-refractivity contribution < 1.29 is 38.1 Å². The number of nitrogens with zero attached hydrogens (tertiary/aromatic N) is 1. The fraction of sp³-hybridized carbons (Fsp3) is 0.217. The van der Waals surface area contributed by atoms with E-state index in [0.717, 1.165) is 4.90 Å². The molecule has 0 N–H and O–H groups in total. The largest absolute Gasteiger partial charge is 0.497 e. The van der Waals surface area contributed by atoms with E-state index in [1.54, 1.807) is 31.2 Å². The van der Waals surface area contributed by atoms with Gasteiger partial charge in [-0.3, -0.25) is 19.3 Å². The minimum atomic E-state index is -0.682. The lowest BCUT2D eigenvalue weighted by molar-refractivity contribution is -0.145. The predicted octanol–water partition coefficient (Wildman–Crippen LogP) is 4.18. The molecule has 2 amide bonds. The van der Waals surface area contributed by atoms with Gasteiger partial charge in [-0.05, 0) is 66.7 Å². The van der Waals surface area contributed by atoms with Crippen LogP contribution in [0.3, 0.4) is 0 Å². The second-order valence-corrected chi connectivity index (χ2v) is 8.13. The Labute approximate surface area is 204 Å². The fourth-order valence-corrected chi connectivity index (χ4v) is 4.02. The van der Waals surface area contributed by atoms with Crippen LogP contribution in [0, 0.1) is 0 Å². The Morgan fingerprint density at radius 3 is 2.41 bits per heavy atom. The van der Waals surface area contributed by atoms with Crippen LogP contribution in [0.25, 0.3) is 6.08 Å². The predicted molar refractivity (Wildman–Crippen MR) is 125 cm³/mol. The molecule has 3 rings (SSSR count). The van der Waals surface area contributed by atoms with Gasteiger partial charge in [-0.2, -0.15) is 0 Å². The topological polar surface area (TPSA) is 108 Å². The van der Waals surface area contributed by atoms with Crippen LogP contribution in [0.2, 0.25) is 5.02 Å². The number of rotatable bonds is 8. The Morgan fingerprint density at radius 1 is 1.09 bits per heavy atom. The number of hydrogen-bond acceptors (Lipinski definition) is 9. The molecular formula is C23H20ClNO8S. The summed E-state index contributed by atoms with van der Waals surface area (Å²) in [4.78, 5) is 49.8. The Hall–Kier alpha value is -3.50. The lowest BCUT2D eigenvalue weighted by atomic mass is 10.1. The van der Waals surface area contributed by atoms with Crippen LogP contribution >= 0.6 is 23.4 Å². The molecule has 1 fully saturated rings. The number of benzene rings is 2. The highest BCUT2D eigenvalue weighted by Gasteiger charge is 2.36. The van der Waals surface area contributed by atoms with Gasteiger partial charge >= 0.3 is 11.9 Å². The molecule has 0 spiro atoms. The molecule has 34 heavy (non-hydrogen) atoms. The summed E-state index contributed by atoms with van der Waals surface area (Å²) in [5.41, 5.74) is 0.700. The summed E-state index contributed by atoms with van der Waals surface area (Å²) in [6.45, 7) is 1.29. The molecule has 1 saturated heterocycles. The van der Waals surface area contributed by atoms with Gasteiger partial charge < -0.3 is 18.9 Å². The summed E-state index contributed by atoms with van der Waals surface area (Å²) in [6, 6.07) is 9.29. The lowest BCUT2D eigenvalue weighted by Gasteiger charge is -2.13. The van der Waals surface area contributed by atoms with Crippen LogP contribution in [-0.2, 0) is 14.3 Å². The first-order valence-electron chi connectivity index (χ1n) is 9.92. The smallest absolute Gasteiger partial charge is 0.343 e. The quantitative estimate of drug-likeness (QED) is 0.296. The van der Waals surface area contributed by atoms with Gasteiger partial charge in [0.25, 0.3) is 11.1 Å². The van der Waals surface area contributed by atoms with Crippen molar-refractivity contribution in [3.8, 4) is 17.2 Å². The Kier molecular flexibility index (Phi) is 8.19. The minimum absolute atomic E-state index is 0.00227. The molecule has 1 heterocycles. The average Bonchev–Trinajstić information content (AvgIpc) is 3.07. The second-order valence-electron chi connectivity index (χ2n) is 6.73. The van der Waals surface area contributed by atoms with E-state index in [0.29, 0.717) is 23.1 Å². The first-order valence-corrected chi connectivity index (χ1v) is 11.1. The summed E-state index contributed by atoms with van der Waals surface area (Å²) in [7, 11) is 2.88. The molecule has 2 aromatic carbocycles. The Balaban J connectivity index is 1.82. The number of amides is 2. The lowest BCUT2D eigenvalue weighted by Crippen LogP contribution is -2.34. The van der Waals surface area contributed by atoms with E-state index < -0.39 is 29.6 Å². The van der Waals surface area contributed by atoms with E-state index >= 15 is 0 Å². The van der Waals surface area contributed by atoms with Gasteiger partial charge in [0.05, 0.1) is 36.3 Å². The van der Waals surface area contributed by atoms with Gasteiger partial charge in [0.2, 0.25) is 0 Å². The summed E-state index contributed by atoms with van der Waals surface area (Å²) in [6.07, 6.45) is 1.43. The van der Waals surface area contributed by atoms with Gasteiger partial charge in [-0.15, -0.1) is 0 Å². The molecule has 0 bridgehead atoms. The van der Waals surface area contributed by atoms with E-state index in [-0.39, 0.29) is 33.6 Å². The highest BCUT2D eigenvalue weighted by molar-refractivity contribution is 8.18. The molecule has 2 aromatic rings. The summed E-state index contributed by atoms with van der Waals surface area (Å²) in [5, 5.41) is -0.536. The summed E-state index contributed by atoms with van der Waals surface area (Å²) in [5.74, 6) is -1.24. The third-order valence-electron chi connectivity index (χ3n) is 4.54. The number of esters is 2. The number of imide groups is 1. The molecule has 11 heteroatoms. The minimum Gasteiger partial charge on any atom is -0.497 e. The number of halogens is 1. The number of carbonyl (C=O) groups excluding carboxylic acids is 4. The highest BCUT2D eigenvalue weighted by Crippen LogP contribution is 2.39. The first-order chi connectivity index (χ1) is 16.3. The van der Waals surface area contributed by atoms with Gasteiger partial charge in [0.15, 0.2) is 11.5 Å². The van der Waals surface area contributed by atoms with Crippen molar-refractivity contribution in [2.75, 3.05) is 27.4 Å². The van der Waals surface area contributed by atoms with E-state index in [4.69, 9.17) is 30.5 Å². The van der Waals surface area contributed by atoms with Gasteiger partial charge in [-0.25, -0.2) is 4.79 Å². The zero-order valence-corrected chi connectivity index (χ0v) is 20.0. The first kappa shape index (κ1) is 25.1. The zero-order chi connectivity index (χ0) is 24.8. The molecule has 0 radical (unpaired) electrons. The molecule has 1 aliphatic heterocycles. The van der Waals surface area contributed by atoms with Crippen LogP contribution in [0.15, 0.2) is 41.3 Å². The molecule has 0 aliphatic carbocycles. The zero-order valence-electron chi connectivity index (χ0n) is 18.5. The maximum absolute atomic E-state index is 12.6. The molecule has 0 aromatic heterocycles. The Bertz CT molecular complexity index is 1160. The van der Waals surface area contributed by atoms with Crippen molar-refractivity contribution in [2.24, 2.45) is 0 Å². The van der Waals surface area contributed by atoms with Crippen molar-refractivity contribution in [3.05, 3.63) is 57.5 Å². The maximum atomic E-state index is 12.6. The van der Waals surface area contributed by atoms with Gasteiger partial charge in [0.1, 0.15) is 12.3 Å². The normalized spacial score (nSPS) is 14.4. The Morgan fingerprint density at radius 2 is 1.79 bits per heavy atom. The molecule has 0 unspecified atom stereocenters. The van der Waals surface area contributed by atoms with Crippen LogP contribution < -0.4 is 14.2 Å². The molecule has 1 aliphatic rings. The van der Waals surface area contributed by atoms with Gasteiger partial charge in [0, 0.05) is 0 Å². The maximum Gasteiger partial charge on any atom is 0.343 e. The third-order valence-corrected chi connectivity index (χ3v) is 5.72. The number of hydrogen-bond donors (Lipinski definition) is 0. The van der Waals surface area contributed by atoms with Crippen molar-refractivity contribution in [2.45, 2.75) is 6.92 Å². The van der Waals surface area contributed by atoms with Crippen LogP contribution in [0.4, 0.5) is 4.79 Å². The van der Waals surface area contributed by atoms with Gasteiger partial charge in [-0.1, -0.05) is 11.6 Å². The van der Waals surface area contributed by atoms with Crippen LogP contribution in [-0.4, -0.2) is 55.4 Å². The summed E-state index contributed by atoms with van der Waals surface area (Å²) < 4.78 is 20.6. The van der Waals surface area contributed by atoms with E-state index in [9.17, 15) is 19.2 Å². The number of thioether (sulfide) groups is 1. The van der Waals surface area contributed by atoms with E-state index in [1.807, 2.05) is 0 Å². The fourth-order valence-electron chi connectivity index (χ4n) is 2.92. The molecular weight excluding hydrogens is 486 g/mol. The van der Waals surface area contributed by atoms with E-state index in [1.165, 1.54) is 32.4 Å². The number of ether oxygens (including phenoxy) is 4. The third kappa shape index (κ3) is 5.70. The second kappa shape index (κ2) is 11.1. The summed E-state index contributed by atoms with van der Waals surface area (Å²) >= 11 is 7.02. The molecule has 0 atom stereocenters. The molecule has 0 saturated carbocycles. The van der Waals surface area contributed by atoms with Crippen LogP contribution in [0.5, 0.6) is 17.2 Å². The van der Waals surface area contributed by atoms with Crippen molar-refractivity contribution >= 4 is 52.5 Å². The SMILES string of the molecule is CCOC(=O)CN1C(=O)S/C(=C\c2cc(Cl)c(OC(=O)c3ccc(OC)cc3)c(OC)c2)C1=O. The molecule has 9 nitrogen and oxygen atoms in total. The van der Waals surface area contributed by atoms with Crippen LogP contribution in [0.1, 0.15) is 22.8 Å². The highest BCUT2D eigenvalue weighted by atomic mass is 35.5. The number of methoxy groups -OCH3 is 2. The monoisotopic (exact) mass is 505 g/mol.